The summed E-state index contributed by atoms with van der Waals surface area (Å²) in [4.78, 5) is 38.3. The standard InChI is InChI=1S/C76H128O6/c1-4-7-10-13-16-19-22-25-27-29-30-31-32-33-34-35-36-37-38-39-40-41-42-43-44-45-46-47-49-51-54-57-60-63-66-69-75(78)81-72-73(71-80-74(77)68-65-62-59-56-53-50-24-21-18-15-12-9-6-3)82-76(79)70-67-64-61-58-55-52-48-28-26-23-20-17-14-11-8-5-2/h7,9-10,12,16,18-19,21,25,27,30-31,33-34,36-37,50,53,59,62,73H,4-6,8,11,13-15,17,20,22-24,26,28-29,32,35,38-49,51-52,54-58,60-61,63-72H2,1-3H3/b10-7-,12-9-,19-16-,21-18-,27-25-,31-30-,34-33-,37-36-,53-50-,62-59-. The number of unbranched alkanes of at least 4 members (excludes halogenated alkanes) is 31. The zero-order valence-corrected chi connectivity index (χ0v) is 53.7. The molecule has 0 amide bonds. The van der Waals surface area contributed by atoms with Crippen molar-refractivity contribution in [3.8, 4) is 0 Å². The first kappa shape index (κ1) is 77.8. The first-order chi connectivity index (χ1) is 40.5. The molecule has 0 rings (SSSR count). The minimum Gasteiger partial charge on any atom is -0.462 e. The van der Waals surface area contributed by atoms with E-state index in [0.29, 0.717) is 19.3 Å². The molecule has 0 fully saturated rings. The van der Waals surface area contributed by atoms with Gasteiger partial charge in [0.1, 0.15) is 13.2 Å². The van der Waals surface area contributed by atoms with Crippen molar-refractivity contribution in [3.63, 3.8) is 0 Å². The first-order valence-corrected chi connectivity index (χ1v) is 34.5. The molecule has 0 aromatic carbocycles. The van der Waals surface area contributed by atoms with Crippen LogP contribution < -0.4 is 0 Å². The van der Waals surface area contributed by atoms with E-state index in [2.05, 4.69) is 136 Å². The average molecular weight is 1140 g/mol. The Bertz CT molecular complexity index is 1690. The van der Waals surface area contributed by atoms with Gasteiger partial charge in [-0.15, -0.1) is 0 Å². The molecule has 0 heterocycles. The van der Waals surface area contributed by atoms with Crippen LogP contribution in [0.25, 0.3) is 0 Å². The highest BCUT2D eigenvalue weighted by Crippen LogP contribution is 2.17. The van der Waals surface area contributed by atoms with Gasteiger partial charge in [0.25, 0.3) is 0 Å². The highest BCUT2D eigenvalue weighted by molar-refractivity contribution is 5.71. The zero-order valence-electron chi connectivity index (χ0n) is 53.7. The highest BCUT2D eigenvalue weighted by atomic mass is 16.6. The summed E-state index contributed by atoms with van der Waals surface area (Å²) in [5.74, 6) is -0.970. The van der Waals surface area contributed by atoms with Crippen molar-refractivity contribution in [2.75, 3.05) is 13.2 Å². The van der Waals surface area contributed by atoms with E-state index in [9.17, 15) is 14.4 Å². The lowest BCUT2D eigenvalue weighted by Crippen LogP contribution is -2.30. The predicted octanol–water partition coefficient (Wildman–Crippen LogP) is 23.9. The summed E-state index contributed by atoms with van der Waals surface area (Å²) in [5, 5.41) is 0. The van der Waals surface area contributed by atoms with Crippen molar-refractivity contribution in [1.29, 1.82) is 0 Å². The Labute approximate surface area is 507 Å². The molecule has 0 aliphatic heterocycles. The maximum atomic E-state index is 12.9. The van der Waals surface area contributed by atoms with Crippen molar-refractivity contribution in [3.05, 3.63) is 122 Å². The summed E-state index contributed by atoms with van der Waals surface area (Å²) in [5.41, 5.74) is 0. The van der Waals surface area contributed by atoms with Gasteiger partial charge in [0.2, 0.25) is 0 Å². The molecule has 0 saturated carbocycles. The van der Waals surface area contributed by atoms with Gasteiger partial charge in [-0.25, -0.2) is 0 Å². The number of hydrogen-bond acceptors (Lipinski definition) is 6. The minimum atomic E-state index is -0.806. The van der Waals surface area contributed by atoms with Crippen LogP contribution in [-0.2, 0) is 28.6 Å². The van der Waals surface area contributed by atoms with Gasteiger partial charge in [-0.05, 0) is 96.3 Å². The minimum absolute atomic E-state index is 0.0972. The molecule has 0 N–H and O–H groups in total. The molecule has 0 aliphatic carbocycles. The second kappa shape index (κ2) is 69.3. The van der Waals surface area contributed by atoms with Gasteiger partial charge in [-0.1, -0.05) is 328 Å². The summed E-state index contributed by atoms with van der Waals surface area (Å²) >= 11 is 0. The molecule has 6 nitrogen and oxygen atoms in total. The Morgan fingerprint density at radius 2 is 0.500 bits per heavy atom. The van der Waals surface area contributed by atoms with Crippen molar-refractivity contribution < 1.29 is 28.6 Å². The second-order valence-electron chi connectivity index (χ2n) is 22.7. The average Bonchev–Trinajstić information content (AvgIpc) is 3.47. The molecule has 468 valence electrons. The topological polar surface area (TPSA) is 78.9 Å². The van der Waals surface area contributed by atoms with Gasteiger partial charge >= 0.3 is 17.9 Å². The number of hydrogen-bond donors (Lipinski definition) is 0. The van der Waals surface area contributed by atoms with Crippen LogP contribution in [0.4, 0.5) is 0 Å². The Hall–Kier alpha value is -4.19. The maximum Gasteiger partial charge on any atom is 0.306 e. The Morgan fingerprint density at radius 1 is 0.256 bits per heavy atom. The number of allylic oxidation sites excluding steroid dienone is 20. The molecule has 0 saturated heterocycles. The molecule has 0 aromatic rings. The largest absolute Gasteiger partial charge is 0.462 e. The Kier molecular flexibility index (Phi) is 65.8. The molecule has 0 bridgehead atoms. The van der Waals surface area contributed by atoms with Crippen LogP contribution in [0.5, 0.6) is 0 Å². The summed E-state index contributed by atoms with van der Waals surface area (Å²) in [6.07, 6.45) is 96.8. The summed E-state index contributed by atoms with van der Waals surface area (Å²) < 4.78 is 16.9. The van der Waals surface area contributed by atoms with E-state index in [-0.39, 0.29) is 37.5 Å². The van der Waals surface area contributed by atoms with Gasteiger partial charge < -0.3 is 14.2 Å². The predicted molar refractivity (Wildman–Crippen MR) is 357 cm³/mol. The van der Waals surface area contributed by atoms with Gasteiger partial charge in [-0.2, -0.15) is 0 Å². The van der Waals surface area contributed by atoms with Crippen LogP contribution in [0.3, 0.4) is 0 Å². The van der Waals surface area contributed by atoms with E-state index in [1.165, 1.54) is 173 Å². The highest BCUT2D eigenvalue weighted by Gasteiger charge is 2.19. The number of ether oxygens (including phenoxy) is 3. The van der Waals surface area contributed by atoms with Crippen molar-refractivity contribution in [1.82, 2.24) is 0 Å². The molecule has 82 heavy (non-hydrogen) atoms. The quantitative estimate of drug-likeness (QED) is 0.0261. The second-order valence-corrected chi connectivity index (χ2v) is 22.7. The van der Waals surface area contributed by atoms with Crippen LogP contribution in [0.2, 0.25) is 0 Å². The van der Waals surface area contributed by atoms with Crippen molar-refractivity contribution >= 4 is 17.9 Å². The number of carbonyl (C=O) groups excluding carboxylic acids is 3. The fraction of sp³-hybridized carbons (Fsp3) is 0.697. The van der Waals surface area contributed by atoms with Gasteiger partial charge in [-0.3, -0.25) is 14.4 Å². The van der Waals surface area contributed by atoms with Crippen LogP contribution in [-0.4, -0.2) is 37.2 Å². The summed E-state index contributed by atoms with van der Waals surface area (Å²) in [6, 6.07) is 0. The van der Waals surface area contributed by atoms with Gasteiger partial charge in [0.15, 0.2) is 6.10 Å². The molecule has 1 atom stereocenters. The molecule has 0 aromatic heterocycles. The third-order valence-corrected chi connectivity index (χ3v) is 14.7. The SMILES string of the molecule is CC/C=C\C/C=C\C/C=C\C/C=C\C/C=C\C/C=C\CCCCCCCCCCCCCCCCCCC(=O)OCC(COC(=O)CC/C=C\C/C=C\C/C=C\C/C=C\CC)OC(=O)CCCCCCCCCCCCCCCCCC. The van der Waals surface area contributed by atoms with Crippen LogP contribution in [0, 0.1) is 0 Å². The molecule has 0 radical (unpaired) electrons. The van der Waals surface area contributed by atoms with Crippen molar-refractivity contribution in [2.45, 2.75) is 329 Å². The molecule has 6 heteroatoms. The maximum absolute atomic E-state index is 12.9. The summed E-state index contributed by atoms with van der Waals surface area (Å²) in [6.45, 7) is 6.38. The van der Waals surface area contributed by atoms with Crippen LogP contribution in [0.1, 0.15) is 323 Å². The number of rotatable bonds is 62. The molecule has 1 unspecified atom stereocenters. The van der Waals surface area contributed by atoms with Crippen molar-refractivity contribution in [2.24, 2.45) is 0 Å². The van der Waals surface area contributed by atoms with E-state index >= 15 is 0 Å². The van der Waals surface area contributed by atoms with E-state index in [1.807, 2.05) is 6.08 Å². The van der Waals surface area contributed by atoms with E-state index < -0.39 is 6.10 Å². The third kappa shape index (κ3) is 66.6. The van der Waals surface area contributed by atoms with Gasteiger partial charge in [0, 0.05) is 19.3 Å². The van der Waals surface area contributed by atoms with E-state index in [1.54, 1.807) is 0 Å². The number of esters is 3. The van der Waals surface area contributed by atoms with Crippen LogP contribution >= 0.6 is 0 Å². The number of carbonyl (C=O) groups is 3. The lowest BCUT2D eigenvalue weighted by atomic mass is 10.0. The van der Waals surface area contributed by atoms with E-state index in [0.717, 1.165) is 103 Å². The third-order valence-electron chi connectivity index (χ3n) is 14.7. The molecule has 0 spiro atoms. The Balaban J connectivity index is 4.18. The van der Waals surface area contributed by atoms with Crippen LogP contribution in [0.15, 0.2) is 122 Å². The fourth-order valence-electron chi connectivity index (χ4n) is 9.64. The molecular formula is C76H128O6. The summed E-state index contributed by atoms with van der Waals surface area (Å²) in [7, 11) is 0. The van der Waals surface area contributed by atoms with Gasteiger partial charge in [0.05, 0.1) is 0 Å². The normalized spacial score (nSPS) is 12.9. The first-order valence-electron chi connectivity index (χ1n) is 34.5. The lowest BCUT2D eigenvalue weighted by Gasteiger charge is -2.18. The lowest BCUT2D eigenvalue weighted by molar-refractivity contribution is -0.166. The van der Waals surface area contributed by atoms with E-state index in [4.69, 9.17) is 14.2 Å². The molecular weight excluding hydrogens is 1010 g/mol. The fourth-order valence-corrected chi connectivity index (χ4v) is 9.64. The smallest absolute Gasteiger partial charge is 0.306 e. The zero-order chi connectivity index (χ0) is 59.2. The molecule has 0 aliphatic rings. The Morgan fingerprint density at radius 3 is 0.817 bits per heavy atom. The monoisotopic (exact) mass is 1140 g/mol.